The summed E-state index contributed by atoms with van der Waals surface area (Å²) in [4.78, 5) is 12.8. The summed E-state index contributed by atoms with van der Waals surface area (Å²) in [5.41, 5.74) is 3.00. The van der Waals surface area contributed by atoms with Crippen LogP contribution >= 0.6 is 0 Å². The number of unbranched alkanes of at least 4 members (excludes halogenated alkanes) is 1. The van der Waals surface area contributed by atoms with Gasteiger partial charge in [-0.3, -0.25) is 0 Å². The molecule has 0 N–H and O–H groups in total. The number of ether oxygens (including phenoxy) is 5. The molecule has 6 heteroatoms. The van der Waals surface area contributed by atoms with Crippen LogP contribution in [0.25, 0.3) is 0 Å². The highest BCUT2D eigenvalue weighted by Crippen LogP contribution is 2.67. The van der Waals surface area contributed by atoms with E-state index in [-0.39, 0.29) is 18.1 Å². The van der Waals surface area contributed by atoms with E-state index in [2.05, 4.69) is 40.7 Å². The minimum Gasteiger partial charge on any atom is -0.493 e. The summed E-state index contributed by atoms with van der Waals surface area (Å²) in [5, 5.41) is 0. The summed E-state index contributed by atoms with van der Waals surface area (Å²) in [6, 6.07) is 3.58. The monoisotopic (exact) mass is 624 g/mol. The molecule has 0 radical (unpaired) electrons. The zero-order chi connectivity index (χ0) is 32.4. The molecule has 0 bridgehead atoms. The Kier molecular flexibility index (Phi) is 10.7. The van der Waals surface area contributed by atoms with Crippen LogP contribution in [0.15, 0.2) is 23.8 Å². The molecule has 5 rings (SSSR count). The van der Waals surface area contributed by atoms with Gasteiger partial charge in [-0.25, -0.2) is 4.79 Å². The van der Waals surface area contributed by atoms with Crippen LogP contribution in [0.3, 0.4) is 0 Å². The third-order valence-corrected chi connectivity index (χ3v) is 12.9. The molecule has 45 heavy (non-hydrogen) atoms. The summed E-state index contributed by atoms with van der Waals surface area (Å²) in [6.07, 6.45) is 17.0. The van der Waals surface area contributed by atoms with Crippen molar-refractivity contribution in [3.8, 4) is 17.2 Å². The van der Waals surface area contributed by atoms with E-state index in [9.17, 15) is 4.79 Å². The van der Waals surface area contributed by atoms with Crippen LogP contribution in [0.2, 0.25) is 0 Å². The van der Waals surface area contributed by atoms with Crippen LogP contribution in [-0.4, -0.2) is 33.6 Å². The lowest BCUT2D eigenvalue weighted by atomic mass is 9.47. The van der Waals surface area contributed by atoms with Crippen LogP contribution in [-0.2, 0) is 16.1 Å². The van der Waals surface area contributed by atoms with Crippen LogP contribution in [0.4, 0.5) is 4.79 Å². The largest absolute Gasteiger partial charge is 0.508 e. The van der Waals surface area contributed by atoms with Gasteiger partial charge in [-0.05, 0) is 109 Å². The van der Waals surface area contributed by atoms with Crippen molar-refractivity contribution in [2.75, 3.05) is 21.3 Å². The first kappa shape index (κ1) is 34.0. The lowest BCUT2D eigenvalue weighted by Crippen LogP contribution is -2.51. The van der Waals surface area contributed by atoms with Gasteiger partial charge in [0.25, 0.3) is 0 Å². The molecule has 3 saturated carbocycles. The lowest BCUT2D eigenvalue weighted by molar-refractivity contribution is -0.0620. The standard InChI is InChI=1S/C39H60O6/c1-25(2)11-9-10-12-26(3)31-15-16-32-30-14-13-28-23-29(17-19-38(28,4)33(30)18-20-39(31,32)5)45-37(40)44-24-27-21-34(41-6)36(43-8)35(22-27)42-7/h13,21-22,25-26,29-33H,9-12,14-20,23-24H2,1-8H3/t26-,29-,30-,31+,32-,33-,38-,39+/m0/s1. The molecule has 4 aliphatic rings. The quantitative estimate of drug-likeness (QED) is 0.131. The van der Waals surface area contributed by atoms with Crippen molar-refractivity contribution in [1.29, 1.82) is 0 Å². The third kappa shape index (κ3) is 6.86. The Morgan fingerprint density at radius 3 is 2.27 bits per heavy atom. The Balaban J connectivity index is 1.17. The van der Waals surface area contributed by atoms with Crippen molar-refractivity contribution >= 4 is 6.16 Å². The number of hydrogen-bond acceptors (Lipinski definition) is 6. The molecule has 0 aliphatic heterocycles. The maximum atomic E-state index is 12.8. The average molecular weight is 625 g/mol. The highest BCUT2D eigenvalue weighted by atomic mass is 16.7. The minimum absolute atomic E-state index is 0.0736. The summed E-state index contributed by atoms with van der Waals surface area (Å²) >= 11 is 0. The van der Waals surface area contributed by atoms with Gasteiger partial charge in [-0.2, -0.15) is 0 Å². The van der Waals surface area contributed by atoms with E-state index < -0.39 is 6.16 Å². The summed E-state index contributed by atoms with van der Waals surface area (Å²) in [7, 11) is 4.71. The van der Waals surface area contributed by atoms with Crippen molar-refractivity contribution in [2.24, 2.45) is 46.3 Å². The van der Waals surface area contributed by atoms with E-state index in [0.29, 0.717) is 22.7 Å². The molecule has 0 saturated heterocycles. The highest BCUT2D eigenvalue weighted by Gasteiger charge is 2.59. The third-order valence-electron chi connectivity index (χ3n) is 12.9. The molecule has 0 amide bonds. The van der Waals surface area contributed by atoms with E-state index >= 15 is 0 Å². The van der Waals surface area contributed by atoms with E-state index in [1.807, 2.05) is 0 Å². The fourth-order valence-corrected chi connectivity index (χ4v) is 10.5. The number of rotatable bonds is 12. The fourth-order valence-electron chi connectivity index (χ4n) is 10.5. The van der Waals surface area contributed by atoms with E-state index in [1.54, 1.807) is 33.5 Å². The van der Waals surface area contributed by atoms with Gasteiger partial charge in [0, 0.05) is 6.42 Å². The molecular weight excluding hydrogens is 564 g/mol. The van der Waals surface area contributed by atoms with Crippen LogP contribution in [0, 0.1) is 46.3 Å². The molecule has 3 fully saturated rings. The Hall–Kier alpha value is -2.37. The molecule has 252 valence electrons. The van der Waals surface area contributed by atoms with Crippen LogP contribution in [0.1, 0.15) is 117 Å². The van der Waals surface area contributed by atoms with Crippen molar-refractivity contribution in [2.45, 2.75) is 124 Å². The first-order valence-corrected chi connectivity index (χ1v) is 17.9. The first-order valence-electron chi connectivity index (χ1n) is 17.9. The van der Waals surface area contributed by atoms with Gasteiger partial charge in [0.2, 0.25) is 5.75 Å². The zero-order valence-corrected chi connectivity index (χ0v) is 29.4. The number of methoxy groups -OCH3 is 3. The summed E-state index contributed by atoms with van der Waals surface area (Å²) in [6.45, 7) is 12.5. The molecule has 0 unspecified atom stereocenters. The minimum atomic E-state index is -0.615. The molecule has 6 nitrogen and oxygen atoms in total. The maximum Gasteiger partial charge on any atom is 0.508 e. The maximum absolute atomic E-state index is 12.8. The number of fused-ring (bicyclic) bond motifs is 5. The molecule has 4 aliphatic carbocycles. The van der Waals surface area contributed by atoms with Gasteiger partial charge < -0.3 is 23.7 Å². The van der Waals surface area contributed by atoms with Crippen LogP contribution in [0.5, 0.6) is 17.2 Å². The van der Waals surface area contributed by atoms with Gasteiger partial charge in [-0.1, -0.05) is 72.0 Å². The topological polar surface area (TPSA) is 63.2 Å². The predicted molar refractivity (Wildman–Crippen MR) is 179 cm³/mol. The second-order valence-corrected chi connectivity index (χ2v) is 15.7. The summed E-state index contributed by atoms with van der Waals surface area (Å²) < 4.78 is 27.7. The number of carbonyl (C=O) groups is 1. The Bertz CT molecular complexity index is 1180. The van der Waals surface area contributed by atoms with E-state index in [0.717, 1.165) is 60.3 Å². The zero-order valence-electron chi connectivity index (χ0n) is 29.4. The number of carbonyl (C=O) groups excluding carboxylic acids is 1. The second kappa shape index (κ2) is 14.2. The second-order valence-electron chi connectivity index (χ2n) is 15.7. The average Bonchev–Trinajstić information content (AvgIpc) is 3.38. The van der Waals surface area contributed by atoms with Crippen LogP contribution < -0.4 is 14.2 Å². The number of hydrogen-bond donors (Lipinski definition) is 0. The SMILES string of the molecule is COc1cc(COC(=O)O[C@H]2CC[C@@]3(C)C(=CC[C@H]4[C@@H]5CC[C@H]([C@@H](C)CCCCC(C)C)[C@@]5(C)CC[C@@H]43)C2)cc(OC)c1OC. The van der Waals surface area contributed by atoms with Crippen molar-refractivity contribution < 1.29 is 28.5 Å². The fraction of sp³-hybridized carbons (Fsp3) is 0.769. The molecule has 8 atom stereocenters. The van der Waals surface area contributed by atoms with E-state index in [1.165, 1.54) is 63.4 Å². The Morgan fingerprint density at radius 2 is 1.60 bits per heavy atom. The molecule has 0 heterocycles. The molecule has 0 aromatic heterocycles. The molecule has 1 aromatic carbocycles. The van der Waals surface area contributed by atoms with Crippen molar-refractivity contribution in [3.63, 3.8) is 0 Å². The number of benzene rings is 1. The molecule has 0 spiro atoms. The lowest BCUT2D eigenvalue weighted by Gasteiger charge is -2.58. The van der Waals surface area contributed by atoms with Gasteiger partial charge in [0.05, 0.1) is 21.3 Å². The van der Waals surface area contributed by atoms with Gasteiger partial charge in [0.15, 0.2) is 11.5 Å². The first-order chi connectivity index (χ1) is 21.5. The van der Waals surface area contributed by atoms with E-state index in [4.69, 9.17) is 23.7 Å². The Labute approximate surface area is 272 Å². The summed E-state index contributed by atoms with van der Waals surface area (Å²) in [5.74, 6) is 6.53. The normalized spacial score (nSPS) is 32.9. The van der Waals surface area contributed by atoms with Gasteiger partial charge in [-0.15, -0.1) is 0 Å². The highest BCUT2D eigenvalue weighted by molar-refractivity contribution is 5.61. The predicted octanol–water partition coefficient (Wildman–Crippen LogP) is 10.2. The smallest absolute Gasteiger partial charge is 0.493 e. The molecular formula is C39H60O6. The molecule has 1 aromatic rings. The van der Waals surface area contributed by atoms with Gasteiger partial charge in [0.1, 0.15) is 12.7 Å². The van der Waals surface area contributed by atoms with Gasteiger partial charge >= 0.3 is 6.16 Å². The van der Waals surface area contributed by atoms with Crippen molar-refractivity contribution in [3.05, 3.63) is 29.3 Å². The Morgan fingerprint density at radius 1 is 0.889 bits per heavy atom. The number of allylic oxidation sites excluding steroid dienone is 1. The van der Waals surface area contributed by atoms with Crippen molar-refractivity contribution in [1.82, 2.24) is 0 Å².